The highest BCUT2D eigenvalue weighted by Gasteiger charge is 2.27. The lowest BCUT2D eigenvalue weighted by Crippen LogP contribution is -2.42. The van der Waals surface area contributed by atoms with Gasteiger partial charge in [-0.15, -0.1) is 0 Å². The van der Waals surface area contributed by atoms with Gasteiger partial charge >= 0.3 is 0 Å². The molecule has 0 aromatic carbocycles. The van der Waals surface area contributed by atoms with Crippen LogP contribution in [0.25, 0.3) is 0 Å². The molecule has 4 nitrogen and oxygen atoms in total. The number of rotatable bonds is 5. The molecule has 1 heterocycles. The first-order valence-corrected chi connectivity index (χ1v) is 7.57. The van der Waals surface area contributed by atoms with Crippen LogP contribution in [0.4, 0.5) is 0 Å². The molecule has 1 fully saturated rings. The standard InChI is InChI=1S/C15H28N4/c1-4-13-9-14(19(3)17-13)11-18(2)15-8-6-5-7-12(15)10-16/h9,12,15H,4-8,10-11,16H2,1-3H3. The van der Waals surface area contributed by atoms with E-state index < -0.39 is 0 Å². The molecule has 19 heavy (non-hydrogen) atoms. The third kappa shape index (κ3) is 3.37. The van der Waals surface area contributed by atoms with Gasteiger partial charge in [-0.25, -0.2) is 0 Å². The van der Waals surface area contributed by atoms with E-state index in [1.807, 2.05) is 11.7 Å². The van der Waals surface area contributed by atoms with Crippen molar-refractivity contribution in [2.45, 2.75) is 51.6 Å². The minimum Gasteiger partial charge on any atom is -0.330 e. The molecule has 0 spiro atoms. The molecule has 0 radical (unpaired) electrons. The van der Waals surface area contributed by atoms with Gasteiger partial charge in [0.1, 0.15) is 0 Å². The van der Waals surface area contributed by atoms with E-state index in [-0.39, 0.29) is 0 Å². The van der Waals surface area contributed by atoms with E-state index in [9.17, 15) is 0 Å². The largest absolute Gasteiger partial charge is 0.330 e. The Hall–Kier alpha value is -0.870. The highest BCUT2D eigenvalue weighted by molar-refractivity contribution is 5.10. The molecule has 0 amide bonds. The topological polar surface area (TPSA) is 47.1 Å². The summed E-state index contributed by atoms with van der Waals surface area (Å²) in [5.74, 6) is 0.664. The van der Waals surface area contributed by atoms with Crippen LogP contribution in [0.5, 0.6) is 0 Å². The summed E-state index contributed by atoms with van der Waals surface area (Å²) in [4.78, 5) is 2.48. The first-order chi connectivity index (χ1) is 9.15. The van der Waals surface area contributed by atoms with Crippen LogP contribution in [0.2, 0.25) is 0 Å². The molecule has 2 atom stereocenters. The van der Waals surface area contributed by atoms with Crippen molar-refractivity contribution >= 4 is 0 Å². The summed E-state index contributed by atoms with van der Waals surface area (Å²) in [6.45, 7) is 3.95. The van der Waals surface area contributed by atoms with E-state index in [4.69, 9.17) is 5.73 Å². The van der Waals surface area contributed by atoms with Gasteiger partial charge in [0.25, 0.3) is 0 Å². The van der Waals surface area contributed by atoms with Crippen molar-refractivity contribution in [1.29, 1.82) is 0 Å². The fourth-order valence-corrected chi connectivity index (χ4v) is 3.31. The molecule has 1 aromatic heterocycles. The molecule has 4 heteroatoms. The zero-order valence-electron chi connectivity index (χ0n) is 12.6. The average molecular weight is 264 g/mol. The number of nitrogens with zero attached hydrogens (tertiary/aromatic N) is 3. The summed E-state index contributed by atoms with van der Waals surface area (Å²) < 4.78 is 2.02. The van der Waals surface area contributed by atoms with Crippen molar-refractivity contribution in [3.63, 3.8) is 0 Å². The first kappa shape index (κ1) is 14.5. The summed E-state index contributed by atoms with van der Waals surface area (Å²) in [5, 5.41) is 4.53. The molecule has 0 bridgehead atoms. The molecular weight excluding hydrogens is 236 g/mol. The molecule has 1 aliphatic rings. The highest BCUT2D eigenvalue weighted by Crippen LogP contribution is 2.28. The van der Waals surface area contributed by atoms with Crippen molar-refractivity contribution in [2.75, 3.05) is 13.6 Å². The van der Waals surface area contributed by atoms with E-state index in [1.54, 1.807) is 0 Å². The molecule has 2 rings (SSSR count). The Bertz CT molecular complexity index is 399. The molecule has 0 saturated heterocycles. The van der Waals surface area contributed by atoms with Gasteiger partial charge < -0.3 is 5.73 Å². The first-order valence-electron chi connectivity index (χ1n) is 7.57. The monoisotopic (exact) mass is 264 g/mol. The lowest BCUT2D eigenvalue weighted by molar-refractivity contribution is 0.125. The summed E-state index contributed by atoms with van der Waals surface area (Å²) in [7, 11) is 4.28. The Labute approximate surface area is 117 Å². The Balaban J connectivity index is 2.02. The summed E-state index contributed by atoms with van der Waals surface area (Å²) >= 11 is 0. The fraction of sp³-hybridized carbons (Fsp3) is 0.800. The number of aromatic nitrogens is 2. The van der Waals surface area contributed by atoms with Crippen LogP contribution in [0.15, 0.2) is 6.07 Å². The van der Waals surface area contributed by atoms with Crippen LogP contribution < -0.4 is 5.73 Å². The molecule has 1 aromatic rings. The maximum atomic E-state index is 5.94. The molecule has 108 valence electrons. The number of nitrogens with two attached hydrogens (primary N) is 1. The van der Waals surface area contributed by atoms with E-state index >= 15 is 0 Å². The van der Waals surface area contributed by atoms with Gasteiger partial charge in [-0.3, -0.25) is 9.58 Å². The van der Waals surface area contributed by atoms with Gasteiger partial charge in [-0.1, -0.05) is 19.8 Å². The van der Waals surface area contributed by atoms with E-state index in [2.05, 4.69) is 30.0 Å². The Morgan fingerprint density at radius 1 is 1.42 bits per heavy atom. The Morgan fingerprint density at radius 3 is 2.79 bits per heavy atom. The van der Waals surface area contributed by atoms with Gasteiger partial charge in [-0.05, 0) is 44.8 Å². The second-order valence-electron chi connectivity index (χ2n) is 5.87. The SMILES string of the molecule is CCc1cc(CN(C)C2CCCCC2CN)n(C)n1. The third-order valence-electron chi connectivity index (χ3n) is 4.54. The zero-order chi connectivity index (χ0) is 13.8. The minimum atomic E-state index is 0.638. The van der Waals surface area contributed by atoms with Crippen LogP contribution in [-0.2, 0) is 20.0 Å². The van der Waals surface area contributed by atoms with E-state index in [0.717, 1.165) is 19.5 Å². The smallest absolute Gasteiger partial charge is 0.0625 e. The second kappa shape index (κ2) is 6.53. The predicted molar refractivity (Wildman–Crippen MR) is 78.9 cm³/mol. The van der Waals surface area contributed by atoms with Crippen LogP contribution in [0.1, 0.15) is 44.0 Å². The molecule has 0 aliphatic heterocycles. The van der Waals surface area contributed by atoms with Gasteiger partial charge in [0.15, 0.2) is 0 Å². The van der Waals surface area contributed by atoms with Crippen molar-refractivity contribution in [1.82, 2.24) is 14.7 Å². The van der Waals surface area contributed by atoms with Crippen molar-refractivity contribution < 1.29 is 0 Å². The van der Waals surface area contributed by atoms with Crippen LogP contribution >= 0.6 is 0 Å². The zero-order valence-corrected chi connectivity index (χ0v) is 12.6. The van der Waals surface area contributed by atoms with E-state index in [0.29, 0.717) is 12.0 Å². The molecule has 1 aliphatic carbocycles. The van der Waals surface area contributed by atoms with Crippen molar-refractivity contribution in [2.24, 2.45) is 18.7 Å². The minimum absolute atomic E-state index is 0.638. The van der Waals surface area contributed by atoms with Gasteiger partial charge in [-0.2, -0.15) is 5.10 Å². The lowest BCUT2D eigenvalue weighted by atomic mass is 9.83. The Morgan fingerprint density at radius 2 is 2.16 bits per heavy atom. The molecule has 1 saturated carbocycles. The highest BCUT2D eigenvalue weighted by atomic mass is 15.3. The number of aryl methyl sites for hydroxylation is 2. The predicted octanol–water partition coefficient (Wildman–Crippen LogP) is 1.93. The van der Waals surface area contributed by atoms with Crippen LogP contribution in [0, 0.1) is 5.92 Å². The summed E-state index contributed by atoms with van der Waals surface area (Å²) in [6, 6.07) is 2.87. The van der Waals surface area contributed by atoms with Crippen LogP contribution in [0.3, 0.4) is 0 Å². The number of hydrogen-bond donors (Lipinski definition) is 1. The lowest BCUT2D eigenvalue weighted by Gasteiger charge is -2.37. The molecule has 2 unspecified atom stereocenters. The molecule has 2 N–H and O–H groups in total. The van der Waals surface area contributed by atoms with Crippen molar-refractivity contribution in [3.05, 3.63) is 17.5 Å². The maximum absolute atomic E-state index is 5.94. The third-order valence-corrected chi connectivity index (χ3v) is 4.54. The maximum Gasteiger partial charge on any atom is 0.0625 e. The quantitative estimate of drug-likeness (QED) is 0.884. The van der Waals surface area contributed by atoms with Gasteiger partial charge in [0, 0.05) is 19.6 Å². The van der Waals surface area contributed by atoms with Crippen molar-refractivity contribution in [3.8, 4) is 0 Å². The number of hydrogen-bond acceptors (Lipinski definition) is 3. The van der Waals surface area contributed by atoms with Gasteiger partial charge in [0.2, 0.25) is 0 Å². The second-order valence-corrected chi connectivity index (χ2v) is 5.87. The summed E-state index contributed by atoms with van der Waals surface area (Å²) in [5.41, 5.74) is 8.43. The fourth-order valence-electron chi connectivity index (χ4n) is 3.31. The molecular formula is C15H28N4. The average Bonchev–Trinajstić information content (AvgIpc) is 2.79. The summed E-state index contributed by atoms with van der Waals surface area (Å²) in [6.07, 6.45) is 6.27. The van der Waals surface area contributed by atoms with E-state index in [1.165, 1.54) is 37.1 Å². The van der Waals surface area contributed by atoms with Gasteiger partial charge in [0.05, 0.1) is 11.4 Å². The Kier molecular flexibility index (Phi) is 4.99. The normalized spacial score (nSPS) is 24.1. The van der Waals surface area contributed by atoms with Crippen LogP contribution in [-0.4, -0.2) is 34.3 Å².